The van der Waals surface area contributed by atoms with E-state index in [1.54, 1.807) is 0 Å². The third kappa shape index (κ3) is 3.40. The van der Waals surface area contributed by atoms with Crippen molar-refractivity contribution in [1.82, 2.24) is 8.80 Å². The highest BCUT2D eigenvalue weighted by molar-refractivity contribution is 6.35. The summed E-state index contributed by atoms with van der Waals surface area (Å²) in [5.74, 6) is 0. The smallest absolute Gasteiger partial charge is 0.0783 e. The van der Waals surface area contributed by atoms with Crippen molar-refractivity contribution in [1.29, 1.82) is 0 Å². The second-order valence-corrected chi connectivity index (χ2v) is 14.5. The first-order valence-corrected chi connectivity index (χ1v) is 18.4. The summed E-state index contributed by atoms with van der Waals surface area (Å²) in [5, 5.41) is 15.5. The fourth-order valence-corrected chi connectivity index (χ4v) is 9.81. The van der Waals surface area contributed by atoms with Gasteiger partial charge < -0.3 is 13.7 Å². The van der Waals surface area contributed by atoms with Gasteiger partial charge in [-0.05, 0) is 76.1 Å². The molecule has 0 aliphatic rings. The zero-order valence-electron chi connectivity index (χ0n) is 28.6. The van der Waals surface area contributed by atoms with Crippen LogP contribution in [-0.2, 0) is 0 Å². The summed E-state index contributed by atoms with van der Waals surface area (Å²) in [7, 11) is 0. The van der Waals surface area contributed by atoms with Crippen molar-refractivity contribution in [2.75, 3.05) is 4.90 Å². The van der Waals surface area contributed by atoms with E-state index in [4.69, 9.17) is 0 Å². The van der Waals surface area contributed by atoms with Crippen molar-refractivity contribution in [2.24, 2.45) is 0 Å². The van der Waals surface area contributed by atoms with E-state index in [2.05, 4.69) is 190 Å². The molecule has 3 heteroatoms. The summed E-state index contributed by atoms with van der Waals surface area (Å²) >= 11 is 0. The second-order valence-electron chi connectivity index (χ2n) is 14.5. The lowest BCUT2D eigenvalue weighted by Gasteiger charge is -2.26. The number of rotatable bonds is 3. The van der Waals surface area contributed by atoms with Crippen LogP contribution in [0.5, 0.6) is 0 Å². The Balaban J connectivity index is 1.25. The van der Waals surface area contributed by atoms with Crippen LogP contribution in [0.3, 0.4) is 0 Å². The molecule has 0 saturated heterocycles. The van der Waals surface area contributed by atoms with Crippen LogP contribution in [0.1, 0.15) is 0 Å². The molecular formula is C50H29N3. The van der Waals surface area contributed by atoms with Gasteiger partial charge in [0, 0.05) is 54.5 Å². The maximum absolute atomic E-state index is 2.58. The number of nitrogens with zero attached hydrogens (tertiary/aromatic N) is 3. The predicted molar refractivity (Wildman–Crippen MR) is 225 cm³/mol. The van der Waals surface area contributed by atoms with Gasteiger partial charge >= 0.3 is 0 Å². The summed E-state index contributed by atoms with van der Waals surface area (Å²) in [6, 6.07) is 65.0. The summed E-state index contributed by atoms with van der Waals surface area (Å²) < 4.78 is 5.11. The number of anilines is 3. The lowest BCUT2D eigenvalue weighted by Crippen LogP contribution is -2.10. The van der Waals surface area contributed by atoms with Gasteiger partial charge in [0.25, 0.3) is 0 Å². The Morgan fingerprint density at radius 2 is 0.868 bits per heavy atom. The van der Waals surface area contributed by atoms with Gasteiger partial charge in [0.1, 0.15) is 0 Å². The lowest BCUT2D eigenvalue weighted by molar-refractivity contribution is 1.27. The molecule has 0 fully saturated rings. The molecular weight excluding hydrogens is 643 g/mol. The van der Waals surface area contributed by atoms with Crippen LogP contribution in [0.15, 0.2) is 176 Å². The molecule has 13 rings (SSSR count). The van der Waals surface area contributed by atoms with Gasteiger partial charge in [0.15, 0.2) is 0 Å². The van der Waals surface area contributed by atoms with Gasteiger partial charge in [0.2, 0.25) is 0 Å². The van der Waals surface area contributed by atoms with Crippen molar-refractivity contribution in [3.63, 3.8) is 0 Å². The zero-order valence-corrected chi connectivity index (χ0v) is 28.6. The predicted octanol–water partition coefficient (Wildman–Crippen LogP) is 13.8. The third-order valence-electron chi connectivity index (χ3n) is 11.9. The van der Waals surface area contributed by atoms with Crippen LogP contribution < -0.4 is 4.90 Å². The number of fused-ring (bicyclic) bond motifs is 16. The van der Waals surface area contributed by atoms with E-state index in [1.165, 1.54) is 97.7 Å². The number of hydrogen-bond donors (Lipinski definition) is 0. The molecule has 0 bridgehead atoms. The standard InChI is InChI=1S/C50H29N3/c1-3-15-32(16-4-1)51(33-17-5-2-6-18-33)43-24-12-23-38-47-35-20-10-8-14-31(35)27-41-40-29-44-39(28-45(40)53(49(38)43)50(41)47)36-21-11-22-37-46-34-19-9-7-13-30(34)25-26-42(46)52(44)48(36)37/h1-29H. The number of hydrogen-bond acceptors (Lipinski definition) is 1. The van der Waals surface area contributed by atoms with E-state index >= 15 is 0 Å². The normalized spacial score (nSPS) is 12.5. The van der Waals surface area contributed by atoms with Crippen LogP contribution in [0, 0.1) is 0 Å². The molecule has 0 aliphatic carbocycles. The van der Waals surface area contributed by atoms with Crippen LogP contribution in [0.4, 0.5) is 17.1 Å². The molecule has 13 aromatic rings. The third-order valence-corrected chi connectivity index (χ3v) is 11.9. The Morgan fingerprint density at radius 1 is 0.302 bits per heavy atom. The highest BCUT2D eigenvalue weighted by Gasteiger charge is 2.26. The highest BCUT2D eigenvalue weighted by Crippen LogP contribution is 2.50. The van der Waals surface area contributed by atoms with Gasteiger partial charge in [-0.15, -0.1) is 0 Å². The lowest BCUT2D eigenvalue weighted by atomic mass is 9.99. The maximum Gasteiger partial charge on any atom is 0.0783 e. The Bertz CT molecular complexity index is 3570. The van der Waals surface area contributed by atoms with E-state index in [1.807, 2.05) is 0 Å². The zero-order chi connectivity index (χ0) is 34.4. The molecule has 0 N–H and O–H groups in total. The summed E-state index contributed by atoms with van der Waals surface area (Å²) in [5.41, 5.74) is 11.0. The molecule has 0 atom stereocenters. The molecule has 0 aliphatic heterocycles. The van der Waals surface area contributed by atoms with E-state index in [0.29, 0.717) is 0 Å². The fraction of sp³-hybridized carbons (Fsp3) is 0. The van der Waals surface area contributed by atoms with Crippen LogP contribution in [0.2, 0.25) is 0 Å². The van der Waals surface area contributed by atoms with Gasteiger partial charge in [-0.25, -0.2) is 0 Å². The molecule has 244 valence electrons. The molecule has 0 amide bonds. The van der Waals surface area contributed by atoms with Gasteiger partial charge in [0.05, 0.1) is 38.8 Å². The second kappa shape index (κ2) is 9.81. The minimum absolute atomic E-state index is 1.13. The average Bonchev–Trinajstić information content (AvgIpc) is 3.94. The van der Waals surface area contributed by atoms with E-state index in [9.17, 15) is 0 Å². The first-order valence-electron chi connectivity index (χ1n) is 18.4. The van der Waals surface area contributed by atoms with Crippen LogP contribution in [-0.4, -0.2) is 8.80 Å². The molecule has 0 saturated carbocycles. The Hall–Kier alpha value is -7.10. The SMILES string of the molecule is c1ccc(N(c2ccccc2)c2cccc3c4c5ccccc5cc5c6cc7c(cc6n(c23)c54)c2cccc3c4c5ccccc5ccc4n7c23)cc1. The molecule has 0 radical (unpaired) electrons. The monoisotopic (exact) mass is 671 g/mol. The first-order chi connectivity index (χ1) is 26.3. The van der Waals surface area contributed by atoms with Gasteiger partial charge in [-0.1, -0.05) is 121 Å². The molecule has 3 nitrogen and oxygen atoms in total. The average molecular weight is 672 g/mol. The molecule has 4 heterocycles. The molecule has 0 unspecified atom stereocenters. The quantitative estimate of drug-likeness (QED) is 0.182. The minimum Gasteiger partial charge on any atom is -0.308 e. The number of benzene rings is 9. The van der Waals surface area contributed by atoms with Crippen LogP contribution >= 0.6 is 0 Å². The molecule has 0 spiro atoms. The molecule has 9 aromatic carbocycles. The Labute approximate surface area is 303 Å². The Morgan fingerprint density at radius 3 is 1.62 bits per heavy atom. The topological polar surface area (TPSA) is 12.1 Å². The summed E-state index contributed by atoms with van der Waals surface area (Å²) in [6.45, 7) is 0. The molecule has 53 heavy (non-hydrogen) atoms. The largest absolute Gasteiger partial charge is 0.308 e. The number of para-hydroxylation sites is 4. The van der Waals surface area contributed by atoms with Crippen molar-refractivity contribution >= 4 is 115 Å². The Kier molecular flexibility index (Phi) is 5.11. The van der Waals surface area contributed by atoms with Gasteiger partial charge in [-0.3, -0.25) is 0 Å². The van der Waals surface area contributed by atoms with Crippen molar-refractivity contribution in [3.05, 3.63) is 176 Å². The van der Waals surface area contributed by atoms with Crippen LogP contribution in [0.25, 0.3) is 97.7 Å². The minimum atomic E-state index is 1.13. The van der Waals surface area contributed by atoms with E-state index in [0.717, 1.165) is 17.1 Å². The van der Waals surface area contributed by atoms with E-state index in [-0.39, 0.29) is 0 Å². The first kappa shape index (κ1) is 27.6. The number of aromatic nitrogens is 2. The summed E-state index contributed by atoms with van der Waals surface area (Å²) in [4.78, 5) is 2.42. The van der Waals surface area contributed by atoms with Crippen molar-refractivity contribution in [3.8, 4) is 0 Å². The van der Waals surface area contributed by atoms with Crippen molar-refractivity contribution in [2.45, 2.75) is 0 Å². The van der Waals surface area contributed by atoms with E-state index < -0.39 is 0 Å². The van der Waals surface area contributed by atoms with Gasteiger partial charge in [-0.2, -0.15) is 0 Å². The van der Waals surface area contributed by atoms with Crippen molar-refractivity contribution < 1.29 is 0 Å². The fourth-order valence-electron chi connectivity index (χ4n) is 9.81. The maximum atomic E-state index is 2.58. The summed E-state index contributed by atoms with van der Waals surface area (Å²) in [6.07, 6.45) is 0. The highest BCUT2D eigenvalue weighted by atomic mass is 15.2. The molecule has 4 aromatic heterocycles.